The van der Waals surface area contributed by atoms with Gasteiger partial charge in [0.05, 0.1) is 23.9 Å². The van der Waals surface area contributed by atoms with Crippen molar-refractivity contribution in [1.29, 1.82) is 0 Å². The third-order valence-corrected chi connectivity index (χ3v) is 4.41. The van der Waals surface area contributed by atoms with Crippen LogP contribution < -0.4 is 10.6 Å². The fourth-order valence-corrected chi connectivity index (χ4v) is 3.20. The molecule has 4 amide bonds. The summed E-state index contributed by atoms with van der Waals surface area (Å²) in [7, 11) is 1.50. The van der Waals surface area contributed by atoms with E-state index in [4.69, 9.17) is 0 Å². The second kappa shape index (κ2) is 6.54. The highest BCUT2D eigenvalue weighted by Gasteiger charge is 2.43. The molecular formula is C17H19FN4O3. The largest absolute Gasteiger partial charge is 0.358 e. The monoisotopic (exact) mass is 346 g/mol. The molecule has 8 heteroatoms. The van der Waals surface area contributed by atoms with Crippen molar-refractivity contribution in [3.63, 3.8) is 0 Å². The maximum absolute atomic E-state index is 13.6. The Morgan fingerprint density at radius 2 is 2.16 bits per heavy atom. The average Bonchev–Trinajstić information content (AvgIpc) is 2.90. The Labute approximate surface area is 144 Å². The summed E-state index contributed by atoms with van der Waals surface area (Å²) in [6, 6.07) is 4.72. The van der Waals surface area contributed by atoms with Gasteiger partial charge in [-0.1, -0.05) is 12.1 Å². The first-order chi connectivity index (χ1) is 12.0. The highest BCUT2D eigenvalue weighted by atomic mass is 19.1. The number of hydrogen-bond acceptors (Lipinski definition) is 3. The summed E-state index contributed by atoms with van der Waals surface area (Å²) in [5, 5.41) is 5.25. The lowest BCUT2D eigenvalue weighted by Crippen LogP contribution is -2.47. The summed E-state index contributed by atoms with van der Waals surface area (Å²) in [5.74, 6) is -1.07. The molecule has 0 aromatic heterocycles. The van der Waals surface area contributed by atoms with Crippen LogP contribution in [0, 0.1) is 5.82 Å². The van der Waals surface area contributed by atoms with E-state index in [-0.39, 0.29) is 30.9 Å². The molecule has 1 aromatic rings. The molecule has 1 unspecified atom stereocenters. The Hall–Kier alpha value is -2.90. The van der Waals surface area contributed by atoms with E-state index in [0.717, 1.165) is 0 Å². The van der Waals surface area contributed by atoms with Crippen LogP contribution >= 0.6 is 0 Å². The minimum atomic E-state index is -0.733. The van der Waals surface area contributed by atoms with Gasteiger partial charge in [0.1, 0.15) is 12.4 Å². The molecule has 0 bridgehead atoms. The average molecular weight is 346 g/mol. The molecule has 1 aromatic carbocycles. The van der Waals surface area contributed by atoms with Gasteiger partial charge in [-0.05, 0) is 24.6 Å². The van der Waals surface area contributed by atoms with Gasteiger partial charge in [-0.2, -0.15) is 0 Å². The molecule has 0 aliphatic carbocycles. The van der Waals surface area contributed by atoms with Crippen LogP contribution in [0.5, 0.6) is 0 Å². The lowest BCUT2D eigenvalue weighted by atomic mass is 9.95. The molecule has 25 heavy (non-hydrogen) atoms. The van der Waals surface area contributed by atoms with Crippen LogP contribution in [0.15, 0.2) is 35.5 Å². The van der Waals surface area contributed by atoms with E-state index in [1.807, 2.05) is 0 Å². The fourth-order valence-electron chi connectivity index (χ4n) is 3.20. The summed E-state index contributed by atoms with van der Waals surface area (Å²) >= 11 is 0. The molecule has 0 fully saturated rings. The van der Waals surface area contributed by atoms with E-state index < -0.39 is 11.9 Å². The van der Waals surface area contributed by atoms with Gasteiger partial charge in [0.15, 0.2) is 0 Å². The number of amides is 4. The molecule has 0 radical (unpaired) electrons. The lowest BCUT2D eigenvalue weighted by Gasteiger charge is -2.32. The van der Waals surface area contributed by atoms with Crippen LogP contribution in [0.3, 0.4) is 0 Å². The molecule has 0 saturated heterocycles. The van der Waals surface area contributed by atoms with Crippen molar-refractivity contribution in [2.45, 2.75) is 13.0 Å². The smallest absolute Gasteiger partial charge is 0.322 e. The standard InChI is InChI=1S/C17H19FN4O3/c1-3-22-12-8-21(9-13(23)19-2)16(24)14(12)15(20-17(22)25)10-5-4-6-11(18)7-10/h4-7,15H,3,8-9H2,1-2H3,(H,19,23)(H,20,25). The van der Waals surface area contributed by atoms with Crippen molar-refractivity contribution < 1.29 is 18.8 Å². The Bertz CT molecular complexity index is 777. The van der Waals surface area contributed by atoms with Crippen molar-refractivity contribution in [2.75, 3.05) is 26.7 Å². The molecule has 0 spiro atoms. The second-order valence-electron chi connectivity index (χ2n) is 5.88. The van der Waals surface area contributed by atoms with Gasteiger partial charge in [-0.15, -0.1) is 0 Å². The van der Waals surface area contributed by atoms with Gasteiger partial charge in [-0.25, -0.2) is 9.18 Å². The number of benzene rings is 1. The number of likely N-dealkylation sites (N-methyl/N-ethyl adjacent to an activating group) is 2. The first-order valence-electron chi connectivity index (χ1n) is 8.02. The first-order valence-corrected chi connectivity index (χ1v) is 8.02. The van der Waals surface area contributed by atoms with Gasteiger partial charge in [-0.3, -0.25) is 14.5 Å². The number of nitrogens with zero attached hydrogens (tertiary/aromatic N) is 2. The van der Waals surface area contributed by atoms with Crippen molar-refractivity contribution in [3.05, 3.63) is 46.9 Å². The predicted octanol–water partition coefficient (Wildman–Crippen LogP) is 0.754. The minimum Gasteiger partial charge on any atom is -0.358 e. The normalized spacial score (nSPS) is 19.9. The van der Waals surface area contributed by atoms with E-state index in [1.165, 1.54) is 35.0 Å². The summed E-state index contributed by atoms with van der Waals surface area (Å²) in [4.78, 5) is 39.8. The van der Waals surface area contributed by atoms with Crippen LogP contribution in [-0.2, 0) is 9.59 Å². The Kier molecular flexibility index (Phi) is 4.43. The first kappa shape index (κ1) is 16.9. The number of nitrogens with one attached hydrogen (secondary N) is 2. The molecule has 3 rings (SSSR count). The zero-order valence-corrected chi connectivity index (χ0v) is 14.0. The van der Waals surface area contributed by atoms with Crippen molar-refractivity contribution in [3.8, 4) is 0 Å². The maximum atomic E-state index is 13.6. The van der Waals surface area contributed by atoms with Gasteiger partial charge >= 0.3 is 6.03 Å². The Balaban J connectivity index is 2.01. The number of carbonyl (C=O) groups excluding carboxylic acids is 3. The van der Waals surface area contributed by atoms with E-state index in [1.54, 1.807) is 13.0 Å². The number of urea groups is 1. The number of halogens is 1. The van der Waals surface area contributed by atoms with Crippen LogP contribution in [0.4, 0.5) is 9.18 Å². The van der Waals surface area contributed by atoms with Gasteiger partial charge in [0.25, 0.3) is 5.91 Å². The molecule has 7 nitrogen and oxygen atoms in total. The van der Waals surface area contributed by atoms with E-state index in [2.05, 4.69) is 10.6 Å². The summed E-state index contributed by atoms with van der Waals surface area (Å²) in [6.45, 7) is 2.28. The predicted molar refractivity (Wildman–Crippen MR) is 87.7 cm³/mol. The van der Waals surface area contributed by atoms with Crippen LogP contribution in [0.2, 0.25) is 0 Å². The number of rotatable bonds is 4. The topological polar surface area (TPSA) is 81.8 Å². The van der Waals surface area contributed by atoms with E-state index >= 15 is 0 Å². The highest BCUT2D eigenvalue weighted by Crippen LogP contribution is 2.36. The third kappa shape index (κ3) is 2.95. The van der Waals surface area contributed by atoms with Crippen molar-refractivity contribution in [2.24, 2.45) is 0 Å². The molecule has 0 saturated carbocycles. The van der Waals surface area contributed by atoms with Crippen molar-refractivity contribution >= 4 is 17.8 Å². The van der Waals surface area contributed by atoms with Crippen LogP contribution in [0.1, 0.15) is 18.5 Å². The summed E-state index contributed by atoms with van der Waals surface area (Å²) in [6.07, 6.45) is 0. The zero-order chi connectivity index (χ0) is 18.1. The molecule has 2 aliphatic rings. The molecular weight excluding hydrogens is 327 g/mol. The summed E-state index contributed by atoms with van der Waals surface area (Å²) < 4.78 is 13.6. The molecule has 1 atom stereocenters. The lowest BCUT2D eigenvalue weighted by molar-refractivity contribution is -0.131. The molecule has 2 aliphatic heterocycles. The van der Waals surface area contributed by atoms with E-state index in [0.29, 0.717) is 23.4 Å². The Morgan fingerprint density at radius 1 is 1.40 bits per heavy atom. The zero-order valence-electron chi connectivity index (χ0n) is 14.0. The maximum Gasteiger partial charge on any atom is 0.322 e. The van der Waals surface area contributed by atoms with Crippen molar-refractivity contribution in [1.82, 2.24) is 20.4 Å². The quantitative estimate of drug-likeness (QED) is 0.844. The third-order valence-electron chi connectivity index (χ3n) is 4.41. The highest BCUT2D eigenvalue weighted by molar-refractivity contribution is 6.02. The molecule has 132 valence electrons. The molecule has 2 N–H and O–H groups in total. The number of carbonyl (C=O) groups is 3. The number of hydrogen-bond donors (Lipinski definition) is 2. The SMILES string of the molecule is CCN1C(=O)NC(c2cccc(F)c2)C2=C1CN(CC(=O)NC)C2=O. The summed E-state index contributed by atoms with van der Waals surface area (Å²) in [5.41, 5.74) is 1.44. The van der Waals surface area contributed by atoms with Crippen LogP contribution in [0.25, 0.3) is 0 Å². The van der Waals surface area contributed by atoms with Gasteiger partial charge in [0, 0.05) is 13.6 Å². The fraction of sp³-hybridized carbons (Fsp3) is 0.353. The van der Waals surface area contributed by atoms with Crippen LogP contribution in [-0.4, -0.2) is 54.3 Å². The molecule has 2 heterocycles. The van der Waals surface area contributed by atoms with Gasteiger partial charge in [0.2, 0.25) is 5.91 Å². The minimum absolute atomic E-state index is 0.0933. The second-order valence-corrected chi connectivity index (χ2v) is 5.88. The Morgan fingerprint density at radius 3 is 2.80 bits per heavy atom. The van der Waals surface area contributed by atoms with E-state index in [9.17, 15) is 18.8 Å². The van der Waals surface area contributed by atoms with Gasteiger partial charge < -0.3 is 15.5 Å².